The Morgan fingerprint density at radius 1 is 1.24 bits per heavy atom. The Bertz CT molecular complexity index is 584. The van der Waals surface area contributed by atoms with Crippen molar-refractivity contribution in [2.45, 2.75) is 38.6 Å². The highest BCUT2D eigenvalue weighted by Gasteiger charge is 2.38. The van der Waals surface area contributed by atoms with Gasteiger partial charge in [0.25, 0.3) is 0 Å². The molecule has 138 valence electrons. The summed E-state index contributed by atoms with van der Waals surface area (Å²) in [6.07, 6.45) is 2.59. The number of rotatable bonds is 5. The van der Waals surface area contributed by atoms with Crippen molar-refractivity contribution >= 4 is 6.03 Å². The number of benzene rings is 1. The summed E-state index contributed by atoms with van der Waals surface area (Å²) in [6.45, 7) is 9.03. The molecule has 0 saturated carbocycles. The first-order chi connectivity index (χ1) is 12.1. The lowest BCUT2D eigenvalue weighted by Crippen LogP contribution is -2.42. The van der Waals surface area contributed by atoms with Crippen LogP contribution in [-0.2, 0) is 0 Å². The number of urea groups is 1. The number of nitrogens with zero attached hydrogens (tertiary/aromatic N) is 2. The van der Waals surface area contributed by atoms with Crippen molar-refractivity contribution in [2.75, 3.05) is 39.8 Å². The second-order valence-corrected chi connectivity index (χ2v) is 7.63. The van der Waals surface area contributed by atoms with Gasteiger partial charge in [0.1, 0.15) is 5.75 Å². The lowest BCUT2D eigenvalue weighted by atomic mass is 9.88. The molecule has 5 nitrogen and oxygen atoms in total. The predicted molar refractivity (Wildman–Crippen MR) is 100 cm³/mol. The minimum absolute atomic E-state index is 0.0545. The molecule has 0 radical (unpaired) electrons. The third kappa shape index (κ3) is 4.27. The summed E-state index contributed by atoms with van der Waals surface area (Å²) in [4.78, 5) is 17.1. The number of likely N-dealkylation sites (tertiary alicyclic amines) is 2. The van der Waals surface area contributed by atoms with Crippen molar-refractivity contribution in [2.24, 2.45) is 5.92 Å². The van der Waals surface area contributed by atoms with E-state index in [0.717, 1.165) is 25.4 Å². The Labute approximate surface area is 151 Å². The van der Waals surface area contributed by atoms with E-state index in [4.69, 9.17) is 4.74 Å². The monoisotopic (exact) mass is 345 g/mol. The first-order valence-electron chi connectivity index (χ1n) is 9.49. The van der Waals surface area contributed by atoms with Crippen molar-refractivity contribution in [1.29, 1.82) is 0 Å². The van der Waals surface area contributed by atoms with Gasteiger partial charge in [-0.2, -0.15) is 0 Å². The Hall–Kier alpha value is -1.75. The van der Waals surface area contributed by atoms with Crippen LogP contribution in [0.25, 0.3) is 0 Å². The standard InChI is InChI=1S/C20H31N3O2/c1-15(2)21-20(24)23-13-16(12-22-10-6-7-11-22)18(14-23)17-8-4-5-9-19(17)25-3/h4-5,8-9,15-16,18H,6-7,10-14H2,1-3H3,(H,21,24). The Kier molecular flexibility index (Phi) is 5.84. The third-order valence-corrected chi connectivity index (χ3v) is 5.37. The molecule has 2 amide bonds. The number of carbonyl (C=O) groups is 1. The number of amides is 2. The normalized spacial score (nSPS) is 24.1. The van der Waals surface area contributed by atoms with Crippen LogP contribution in [0, 0.1) is 5.92 Å². The van der Waals surface area contributed by atoms with Gasteiger partial charge in [-0.15, -0.1) is 0 Å². The molecular formula is C20H31N3O2. The molecule has 3 rings (SSSR count). The van der Waals surface area contributed by atoms with Gasteiger partial charge in [-0.25, -0.2) is 4.79 Å². The highest BCUT2D eigenvalue weighted by molar-refractivity contribution is 5.75. The van der Waals surface area contributed by atoms with Gasteiger partial charge in [-0.1, -0.05) is 18.2 Å². The van der Waals surface area contributed by atoms with Crippen LogP contribution < -0.4 is 10.1 Å². The van der Waals surface area contributed by atoms with Gasteiger partial charge in [0, 0.05) is 31.6 Å². The van der Waals surface area contributed by atoms with Crippen LogP contribution in [0.5, 0.6) is 5.75 Å². The second kappa shape index (κ2) is 8.09. The van der Waals surface area contributed by atoms with Gasteiger partial charge in [0.05, 0.1) is 7.11 Å². The van der Waals surface area contributed by atoms with Crippen molar-refractivity contribution in [1.82, 2.24) is 15.1 Å². The minimum atomic E-state index is 0.0545. The largest absolute Gasteiger partial charge is 0.496 e. The van der Waals surface area contributed by atoms with Crippen molar-refractivity contribution in [3.05, 3.63) is 29.8 Å². The quantitative estimate of drug-likeness (QED) is 0.892. The molecule has 2 saturated heterocycles. The summed E-state index contributed by atoms with van der Waals surface area (Å²) in [6, 6.07) is 8.48. The van der Waals surface area contributed by atoms with Gasteiger partial charge in [0.15, 0.2) is 0 Å². The Morgan fingerprint density at radius 2 is 1.96 bits per heavy atom. The molecular weight excluding hydrogens is 314 g/mol. The number of nitrogens with one attached hydrogen (secondary N) is 1. The van der Waals surface area contributed by atoms with Crippen LogP contribution in [0.4, 0.5) is 4.79 Å². The van der Waals surface area contributed by atoms with Crippen LogP contribution in [0.3, 0.4) is 0 Å². The molecule has 0 spiro atoms. The molecule has 2 unspecified atom stereocenters. The van der Waals surface area contributed by atoms with Gasteiger partial charge in [-0.05, 0) is 57.3 Å². The van der Waals surface area contributed by atoms with Crippen LogP contribution in [-0.4, -0.2) is 61.7 Å². The SMILES string of the molecule is COc1ccccc1C1CN(C(=O)NC(C)C)CC1CN1CCCC1. The number of hydrogen-bond acceptors (Lipinski definition) is 3. The number of para-hydroxylation sites is 1. The number of methoxy groups -OCH3 is 1. The maximum absolute atomic E-state index is 12.5. The number of hydrogen-bond donors (Lipinski definition) is 1. The molecule has 2 aliphatic heterocycles. The average Bonchev–Trinajstić information content (AvgIpc) is 3.24. The number of ether oxygens (including phenoxy) is 1. The van der Waals surface area contributed by atoms with E-state index in [0.29, 0.717) is 11.8 Å². The molecule has 1 N–H and O–H groups in total. The summed E-state index contributed by atoms with van der Waals surface area (Å²) in [5, 5.41) is 3.04. The molecule has 0 aromatic heterocycles. The summed E-state index contributed by atoms with van der Waals surface area (Å²) in [7, 11) is 1.73. The molecule has 2 fully saturated rings. The molecule has 25 heavy (non-hydrogen) atoms. The fourth-order valence-electron chi connectivity index (χ4n) is 4.18. The van der Waals surface area contributed by atoms with E-state index < -0.39 is 0 Å². The number of carbonyl (C=O) groups excluding carboxylic acids is 1. The van der Waals surface area contributed by atoms with E-state index in [1.165, 1.54) is 31.5 Å². The third-order valence-electron chi connectivity index (χ3n) is 5.37. The molecule has 1 aromatic carbocycles. The van der Waals surface area contributed by atoms with E-state index in [2.05, 4.69) is 22.3 Å². The maximum atomic E-state index is 12.5. The minimum Gasteiger partial charge on any atom is -0.496 e. The van der Waals surface area contributed by atoms with E-state index >= 15 is 0 Å². The van der Waals surface area contributed by atoms with Crippen molar-refractivity contribution < 1.29 is 9.53 Å². The van der Waals surface area contributed by atoms with Crippen LogP contribution in [0.1, 0.15) is 38.2 Å². The van der Waals surface area contributed by atoms with E-state index in [-0.39, 0.29) is 12.1 Å². The molecule has 2 heterocycles. The summed E-state index contributed by atoms with van der Waals surface area (Å²) >= 11 is 0. The molecule has 1 aromatic rings. The molecule has 5 heteroatoms. The average molecular weight is 345 g/mol. The fourth-order valence-corrected chi connectivity index (χ4v) is 4.18. The molecule has 0 aliphatic carbocycles. The zero-order chi connectivity index (χ0) is 17.8. The van der Waals surface area contributed by atoms with Gasteiger partial charge in [0.2, 0.25) is 0 Å². The van der Waals surface area contributed by atoms with Gasteiger partial charge < -0.3 is 19.9 Å². The highest BCUT2D eigenvalue weighted by atomic mass is 16.5. The van der Waals surface area contributed by atoms with Crippen LogP contribution >= 0.6 is 0 Å². The van der Waals surface area contributed by atoms with Gasteiger partial charge in [-0.3, -0.25) is 0 Å². The zero-order valence-electron chi connectivity index (χ0n) is 15.7. The van der Waals surface area contributed by atoms with E-state index in [9.17, 15) is 4.79 Å². The topological polar surface area (TPSA) is 44.8 Å². The van der Waals surface area contributed by atoms with E-state index in [1.54, 1.807) is 7.11 Å². The van der Waals surface area contributed by atoms with Crippen molar-refractivity contribution in [3.63, 3.8) is 0 Å². The Balaban J connectivity index is 1.79. The summed E-state index contributed by atoms with van der Waals surface area (Å²) in [5.74, 6) is 1.71. The zero-order valence-corrected chi connectivity index (χ0v) is 15.7. The first kappa shape index (κ1) is 18.1. The fraction of sp³-hybridized carbons (Fsp3) is 0.650. The first-order valence-corrected chi connectivity index (χ1v) is 9.49. The predicted octanol–water partition coefficient (Wildman–Crippen LogP) is 2.92. The second-order valence-electron chi connectivity index (χ2n) is 7.63. The Morgan fingerprint density at radius 3 is 2.64 bits per heavy atom. The molecule has 2 atom stereocenters. The van der Waals surface area contributed by atoms with Crippen LogP contribution in [0.15, 0.2) is 24.3 Å². The molecule has 0 bridgehead atoms. The maximum Gasteiger partial charge on any atom is 0.317 e. The summed E-state index contributed by atoms with van der Waals surface area (Å²) in [5.41, 5.74) is 1.23. The summed E-state index contributed by atoms with van der Waals surface area (Å²) < 4.78 is 5.60. The smallest absolute Gasteiger partial charge is 0.317 e. The lowest BCUT2D eigenvalue weighted by molar-refractivity contribution is 0.201. The molecule has 2 aliphatic rings. The van der Waals surface area contributed by atoms with Crippen molar-refractivity contribution in [3.8, 4) is 5.75 Å². The van der Waals surface area contributed by atoms with Crippen LogP contribution in [0.2, 0.25) is 0 Å². The van der Waals surface area contributed by atoms with Gasteiger partial charge >= 0.3 is 6.03 Å². The lowest BCUT2D eigenvalue weighted by Gasteiger charge is -2.25. The van der Waals surface area contributed by atoms with E-state index in [1.807, 2.05) is 30.9 Å². The highest BCUT2D eigenvalue weighted by Crippen LogP contribution is 2.38.